The molecule has 0 N–H and O–H groups in total. The van der Waals surface area contributed by atoms with Crippen LogP contribution in [0.15, 0.2) is 18.7 Å². The highest BCUT2D eigenvalue weighted by atomic mass is 16.2. The van der Waals surface area contributed by atoms with Crippen molar-refractivity contribution < 1.29 is 4.79 Å². The molecule has 0 bridgehead atoms. The zero-order valence-corrected chi connectivity index (χ0v) is 17.7. The van der Waals surface area contributed by atoms with Crippen molar-refractivity contribution in [1.82, 2.24) is 24.4 Å². The van der Waals surface area contributed by atoms with Crippen LogP contribution in [0.5, 0.6) is 0 Å². The van der Waals surface area contributed by atoms with Crippen LogP contribution in [-0.4, -0.2) is 56.5 Å². The van der Waals surface area contributed by atoms with Crippen LogP contribution in [0.3, 0.4) is 0 Å². The largest absolute Gasteiger partial charge is 0.353 e. The Morgan fingerprint density at radius 1 is 1.00 bits per heavy atom. The first kappa shape index (κ1) is 19.9. The van der Waals surface area contributed by atoms with E-state index in [0.717, 1.165) is 61.5 Å². The molecule has 7 nitrogen and oxygen atoms in total. The molecule has 29 heavy (non-hydrogen) atoms. The van der Waals surface area contributed by atoms with Crippen molar-refractivity contribution in [2.24, 2.45) is 5.92 Å². The second-order valence-electron chi connectivity index (χ2n) is 8.43. The fourth-order valence-corrected chi connectivity index (χ4v) is 4.52. The summed E-state index contributed by atoms with van der Waals surface area (Å²) in [7, 11) is 0. The van der Waals surface area contributed by atoms with Crippen LogP contribution in [0, 0.1) is 19.8 Å². The molecule has 1 amide bonds. The average molecular weight is 397 g/mol. The zero-order chi connectivity index (χ0) is 20.2. The van der Waals surface area contributed by atoms with E-state index in [1.54, 1.807) is 12.7 Å². The monoisotopic (exact) mass is 396 g/mol. The van der Waals surface area contributed by atoms with Gasteiger partial charge in [0, 0.05) is 44.4 Å². The normalized spacial score (nSPS) is 18.3. The summed E-state index contributed by atoms with van der Waals surface area (Å²) in [6, 6.07) is 2.01. The van der Waals surface area contributed by atoms with E-state index in [1.165, 1.54) is 32.1 Å². The lowest BCUT2D eigenvalue weighted by Crippen LogP contribution is -2.49. The van der Waals surface area contributed by atoms with Gasteiger partial charge in [-0.25, -0.2) is 15.0 Å². The van der Waals surface area contributed by atoms with Gasteiger partial charge >= 0.3 is 0 Å². The lowest BCUT2D eigenvalue weighted by Gasteiger charge is -2.35. The van der Waals surface area contributed by atoms with Crippen molar-refractivity contribution in [1.29, 1.82) is 0 Å². The SMILES string of the molecule is Cc1ncn(-c2cc(N3CCN(C(=O)CCC4CCCCC4)CC3)ncn2)c1C. The van der Waals surface area contributed by atoms with E-state index in [2.05, 4.69) is 19.9 Å². The lowest BCUT2D eigenvalue weighted by atomic mass is 9.86. The molecule has 1 aliphatic carbocycles. The smallest absolute Gasteiger partial charge is 0.222 e. The van der Waals surface area contributed by atoms with Gasteiger partial charge in [0.15, 0.2) is 0 Å². The fourth-order valence-electron chi connectivity index (χ4n) is 4.52. The third kappa shape index (κ3) is 4.60. The number of piperazine rings is 1. The highest BCUT2D eigenvalue weighted by Crippen LogP contribution is 2.27. The van der Waals surface area contributed by atoms with E-state index in [4.69, 9.17) is 0 Å². The molecule has 4 rings (SSSR count). The van der Waals surface area contributed by atoms with Gasteiger partial charge in [-0.1, -0.05) is 32.1 Å². The standard InChI is InChI=1S/C22H32N6O/c1-17-18(2)28(16-25-17)21-14-20(23-15-24-21)26-10-12-27(13-11-26)22(29)9-8-19-6-4-3-5-7-19/h14-16,19H,3-13H2,1-2H3. The van der Waals surface area contributed by atoms with Crippen LogP contribution in [0.25, 0.3) is 5.82 Å². The van der Waals surface area contributed by atoms with E-state index in [-0.39, 0.29) is 0 Å². The number of aromatic nitrogens is 4. The Labute approximate surface area is 173 Å². The van der Waals surface area contributed by atoms with Crippen LogP contribution in [0.2, 0.25) is 0 Å². The van der Waals surface area contributed by atoms with Gasteiger partial charge in [-0.15, -0.1) is 0 Å². The summed E-state index contributed by atoms with van der Waals surface area (Å²) in [6.45, 7) is 7.21. The predicted octanol–water partition coefficient (Wildman–Crippen LogP) is 3.29. The van der Waals surface area contributed by atoms with Crippen molar-refractivity contribution in [3.05, 3.63) is 30.1 Å². The Balaban J connectivity index is 1.32. The topological polar surface area (TPSA) is 67.2 Å². The first-order valence-corrected chi connectivity index (χ1v) is 11.0. The van der Waals surface area contributed by atoms with Gasteiger partial charge in [0.25, 0.3) is 0 Å². The van der Waals surface area contributed by atoms with Crippen LogP contribution in [0.4, 0.5) is 5.82 Å². The molecule has 0 atom stereocenters. The molecular weight excluding hydrogens is 364 g/mol. The van der Waals surface area contributed by atoms with Crippen LogP contribution in [-0.2, 0) is 4.79 Å². The molecule has 0 aromatic carbocycles. The summed E-state index contributed by atoms with van der Waals surface area (Å²) in [5, 5.41) is 0. The molecule has 156 valence electrons. The molecule has 1 aliphatic heterocycles. The molecule has 0 radical (unpaired) electrons. The molecule has 0 unspecified atom stereocenters. The van der Waals surface area contributed by atoms with Crippen LogP contribution >= 0.6 is 0 Å². The summed E-state index contributed by atoms with van der Waals surface area (Å²) >= 11 is 0. The number of carbonyl (C=O) groups is 1. The molecule has 2 aliphatic rings. The van der Waals surface area contributed by atoms with E-state index in [1.807, 2.05) is 29.4 Å². The van der Waals surface area contributed by atoms with Crippen molar-refractivity contribution in [3.63, 3.8) is 0 Å². The maximum absolute atomic E-state index is 12.6. The predicted molar refractivity (Wildman–Crippen MR) is 113 cm³/mol. The summed E-state index contributed by atoms with van der Waals surface area (Å²) in [5.41, 5.74) is 2.09. The van der Waals surface area contributed by atoms with Gasteiger partial charge in [-0.3, -0.25) is 9.36 Å². The molecule has 7 heteroatoms. The minimum atomic E-state index is 0.322. The van der Waals surface area contributed by atoms with Crippen LogP contribution in [0.1, 0.15) is 56.3 Å². The van der Waals surface area contributed by atoms with Gasteiger partial charge in [0.05, 0.1) is 5.69 Å². The van der Waals surface area contributed by atoms with Gasteiger partial charge in [0.2, 0.25) is 5.91 Å². The van der Waals surface area contributed by atoms with Gasteiger partial charge in [-0.05, 0) is 26.2 Å². The number of hydrogen-bond donors (Lipinski definition) is 0. The molecular formula is C22H32N6O. The molecule has 2 aromatic heterocycles. The molecule has 2 aromatic rings. The van der Waals surface area contributed by atoms with Gasteiger partial charge < -0.3 is 9.80 Å². The van der Waals surface area contributed by atoms with Crippen molar-refractivity contribution in [2.45, 2.75) is 58.8 Å². The Morgan fingerprint density at radius 2 is 1.72 bits per heavy atom. The molecule has 3 heterocycles. The number of aryl methyl sites for hydroxylation is 1. The number of anilines is 1. The number of imidazole rings is 1. The average Bonchev–Trinajstić information content (AvgIpc) is 3.11. The number of amides is 1. The molecule has 1 saturated heterocycles. The van der Waals surface area contributed by atoms with Gasteiger partial charge in [-0.2, -0.15) is 0 Å². The Hall–Kier alpha value is -2.44. The van der Waals surface area contributed by atoms with Crippen molar-refractivity contribution in [2.75, 3.05) is 31.1 Å². The van der Waals surface area contributed by atoms with E-state index in [0.29, 0.717) is 12.3 Å². The third-order valence-electron chi connectivity index (χ3n) is 6.58. The molecule has 2 fully saturated rings. The van der Waals surface area contributed by atoms with Crippen molar-refractivity contribution in [3.8, 4) is 5.82 Å². The Kier molecular flexibility index (Phi) is 6.11. The first-order chi connectivity index (χ1) is 14.1. The van der Waals surface area contributed by atoms with Crippen LogP contribution < -0.4 is 4.90 Å². The summed E-state index contributed by atoms with van der Waals surface area (Å²) in [5.74, 6) is 2.83. The maximum atomic E-state index is 12.6. The number of nitrogens with zero attached hydrogens (tertiary/aromatic N) is 6. The van der Waals surface area contributed by atoms with E-state index in [9.17, 15) is 4.79 Å². The molecule has 0 spiro atoms. The fraction of sp³-hybridized carbons (Fsp3) is 0.636. The van der Waals surface area contributed by atoms with E-state index >= 15 is 0 Å². The number of hydrogen-bond acceptors (Lipinski definition) is 5. The zero-order valence-electron chi connectivity index (χ0n) is 17.7. The molecule has 1 saturated carbocycles. The highest BCUT2D eigenvalue weighted by molar-refractivity contribution is 5.76. The second kappa shape index (κ2) is 8.93. The number of rotatable bonds is 5. The summed E-state index contributed by atoms with van der Waals surface area (Å²) in [4.78, 5) is 30.2. The Morgan fingerprint density at radius 3 is 2.41 bits per heavy atom. The lowest BCUT2D eigenvalue weighted by molar-refractivity contribution is -0.131. The maximum Gasteiger partial charge on any atom is 0.222 e. The summed E-state index contributed by atoms with van der Waals surface area (Å²) < 4.78 is 1.99. The quantitative estimate of drug-likeness (QED) is 0.776. The third-order valence-corrected chi connectivity index (χ3v) is 6.58. The first-order valence-electron chi connectivity index (χ1n) is 11.0. The summed E-state index contributed by atoms with van der Waals surface area (Å²) in [6.07, 6.45) is 11.9. The highest BCUT2D eigenvalue weighted by Gasteiger charge is 2.23. The second-order valence-corrected chi connectivity index (χ2v) is 8.43. The number of carbonyl (C=O) groups excluding carboxylic acids is 1. The van der Waals surface area contributed by atoms with E-state index < -0.39 is 0 Å². The minimum Gasteiger partial charge on any atom is -0.353 e. The Bertz CT molecular complexity index is 834. The van der Waals surface area contributed by atoms with Gasteiger partial charge in [0.1, 0.15) is 24.3 Å². The minimum absolute atomic E-state index is 0.322. The van der Waals surface area contributed by atoms with Crippen molar-refractivity contribution >= 4 is 11.7 Å².